The molecule has 0 spiro atoms. The number of carbonyl (C=O) groups excluding carboxylic acids is 1. The van der Waals surface area contributed by atoms with Crippen molar-refractivity contribution in [2.24, 2.45) is 5.92 Å². The lowest BCUT2D eigenvalue weighted by molar-refractivity contribution is 0.0899. The highest BCUT2D eigenvalue weighted by Gasteiger charge is 2.18. The molecule has 1 atom stereocenters. The lowest BCUT2D eigenvalue weighted by Gasteiger charge is -2.29. The number of hydrogen-bond acceptors (Lipinski definition) is 5. The Balaban J connectivity index is 1.44. The first-order valence-electron chi connectivity index (χ1n) is 9.26. The Kier molecular flexibility index (Phi) is 6.28. The first-order chi connectivity index (χ1) is 12.6. The molecule has 1 amide bonds. The van der Waals surface area contributed by atoms with E-state index in [1.54, 1.807) is 18.5 Å². The molecule has 140 valence electrons. The molecule has 0 radical (unpaired) electrons. The average molecular weight is 357 g/mol. The number of piperidine rings is 1. The van der Waals surface area contributed by atoms with Crippen LogP contribution in [0.2, 0.25) is 0 Å². The van der Waals surface area contributed by atoms with Gasteiger partial charge in [-0.05, 0) is 63.0 Å². The van der Waals surface area contributed by atoms with Crippen molar-refractivity contribution in [3.05, 3.63) is 48.2 Å². The smallest absolute Gasteiger partial charge is 0.287 e. The second kappa shape index (κ2) is 8.85. The molecule has 1 unspecified atom stereocenters. The van der Waals surface area contributed by atoms with Crippen molar-refractivity contribution in [1.29, 1.82) is 0 Å². The minimum atomic E-state index is -0.217. The number of hydrogen-bond donors (Lipinski definition) is 1. The standard InChI is InChI=1S/C20H27N3O3/c1-15-7-10-23(11-8-15)14-18-5-6-19(26-18)20(24)22-12-16(2)25-17-4-3-9-21-13-17/h3-6,9,13,15-16H,7-8,10-12,14H2,1-2H3,(H,22,24). The van der Waals surface area contributed by atoms with Crippen LogP contribution in [0.5, 0.6) is 5.75 Å². The lowest BCUT2D eigenvalue weighted by Crippen LogP contribution is -2.33. The molecule has 1 N–H and O–H groups in total. The van der Waals surface area contributed by atoms with Gasteiger partial charge in [-0.15, -0.1) is 0 Å². The van der Waals surface area contributed by atoms with E-state index in [4.69, 9.17) is 9.15 Å². The average Bonchev–Trinajstić information content (AvgIpc) is 3.11. The molecule has 1 saturated heterocycles. The van der Waals surface area contributed by atoms with Gasteiger partial charge in [0, 0.05) is 6.20 Å². The maximum atomic E-state index is 12.3. The molecule has 2 aromatic rings. The second-order valence-electron chi connectivity index (χ2n) is 7.05. The van der Waals surface area contributed by atoms with Crippen LogP contribution in [0.3, 0.4) is 0 Å². The number of rotatable bonds is 7. The summed E-state index contributed by atoms with van der Waals surface area (Å²) in [6.45, 7) is 7.54. The van der Waals surface area contributed by atoms with Crippen molar-refractivity contribution in [2.75, 3.05) is 19.6 Å². The van der Waals surface area contributed by atoms with Crippen LogP contribution in [0.1, 0.15) is 43.0 Å². The normalized spacial score (nSPS) is 17.0. The summed E-state index contributed by atoms with van der Waals surface area (Å²) in [7, 11) is 0. The van der Waals surface area contributed by atoms with E-state index in [-0.39, 0.29) is 12.0 Å². The van der Waals surface area contributed by atoms with Gasteiger partial charge in [0.2, 0.25) is 0 Å². The highest BCUT2D eigenvalue weighted by molar-refractivity contribution is 5.91. The molecule has 3 rings (SSSR count). The van der Waals surface area contributed by atoms with Crippen LogP contribution in [0.25, 0.3) is 0 Å². The summed E-state index contributed by atoms with van der Waals surface area (Å²) in [6, 6.07) is 7.28. The molecule has 0 saturated carbocycles. The maximum absolute atomic E-state index is 12.3. The van der Waals surface area contributed by atoms with E-state index in [9.17, 15) is 4.79 Å². The number of furan rings is 1. The third-order valence-electron chi connectivity index (χ3n) is 4.66. The van der Waals surface area contributed by atoms with Crippen LogP contribution in [-0.4, -0.2) is 41.5 Å². The second-order valence-corrected chi connectivity index (χ2v) is 7.05. The van der Waals surface area contributed by atoms with E-state index < -0.39 is 0 Å². The first kappa shape index (κ1) is 18.5. The molecule has 3 heterocycles. The summed E-state index contributed by atoms with van der Waals surface area (Å²) >= 11 is 0. The zero-order valence-electron chi connectivity index (χ0n) is 15.5. The van der Waals surface area contributed by atoms with Crippen molar-refractivity contribution < 1.29 is 13.9 Å². The molecule has 0 aromatic carbocycles. The molecule has 1 fully saturated rings. The molecule has 0 bridgehead atoms. The number of pyridine rings is 1. The summed E-state index contributed by atoms with van der Waals surface area (Å²) in [5.41, 5.74) is 0. The number of likely N-dealkylation sites (tertiary alicyclic amines) is 1. The fraction of sp³-hybridized carbons (Fsp3) is 0.500. The summed E-state index contributed by atoms with van der Waals surface area (Å²) in [6.07, 6.45) is 5.63. The number of amides is 1. The van der Waals surface area contributed by atoms with E-state index >= 15 is 0 Å². The molecule has 6 heteroatoms. The number of aromatic nitrogens is 1. The fourth-order valence-electron chi connectivity index (χ4n) is 3.04. The van der Waals surface area contributed by atoms with Crippen molar-refractivity contribution in [3.63, 3.8) is 0 Å². The maximum Gasteiger partial charge on any atom is 0.287 e. The third-order valence-corrected chi connectivity index (χ3v) is 4.66. The van der Waals surface area contributed by atoms with Crippen molar-refractivity contribution in [2.45, 2.75) is 39.3 Å². The topological polar surface area (TPSA) is 67.6 Å². The summed E-state index contributed by atoms with van der Waals surface area (Å²) in [5, 5.41) is 2.85. The molecule has 2 aromatic heterocycles. The van der Waals surface area contributed by atoms with Crippen LogP contribution >= 0.6 is 0 Å². The predicted molar refractivity (Wildman–Crippen MR) is 99.0 cm³/mol. The van der Waals surface area contributed by atoms with Gasteiger partial charge in [0.05, 0.1) is 19.3 Å². The fourth-order valence-corrected chi connectivity index (χ4v) is 3.04. The minimum Gasteiger partial charge on any atom is -0.487 e. The Bertz CT molecular complexity index is 693. The van der Waals surface area contributed by atoms with Gasteiger partial charge in [-0.2, -0.15) is 0 Å². The van der Waals surface area contributed by atoms with Crippen LogP contribution < -0.4 is 10.1 Å². The van der Waals surface area contributed by atoms with E-state index in [2.05, 4.69) is 22.1 Å². The Morgan fingerprint density at radius 1 is 1.38 bits per heavy atom. The molecular formula is C20H27N3O3. The van der Waals surface area contributed by atoms with Gasteiger partial charge in [-0.1, -0.05) is 6.92 Å². The van der Waals surface area contributed by atoms with Crippen molar-refractivity contribution >= 4 is 5.91 Å². The van der Waals surface area contributed by atoms with E-state index in [0.717, 1.165) is 31.3 Å². The minimum absolute atomic E-state index is 0.159. The first-order valence-corrected chi connectivity index (χ1v) is 9.26. The van der Waals surface area contributed by atoms with Crippen LogP contribution in [0.4, 0.5) is 0 Å². The third kappa shape index (κ3) is 5.33. The molecule has 1 aliphatic heterocycles. The van der Waals surface area contributed by atoms with Gasteiger partial charge in [0.1, 0.15) is 17.6 Å². The monoisotopic (exact) mass is 357 g/mol. The summed E-state index contributed by atoms with van der Waals surface area (Å²) < 4.78 is 11.4. The van der Waals surface area contributed by atoms with Crippen LogP contribution in [0, 0.1) is 5.92 Å². The number of nitrogens with one attached hydrogen (secondary N) is 1. The van der Waals surface area contributed by atoms with Gasteiger partial charge in [0.15, 0.2) is 5.76 Å². The van der Waals surface area contributed by atoms with E-state index in [0.29, 0.717) is 18.1 Å². The van der Waals surface area contributed by atoms with E-state index in [1.807, 2.05) is 25.1 Å². The number of nitrogens with zero attached hydrogens (tertiary/aromatic N) is 2. The van der Waals surface area contributed by atoms with E-state index in [1.165, 1.54) is 12.8 Å². The number of carbonyl (C=O) groups is 1. The molecular weight excluding hydrogens is 330 g/mol. The van der Waals surface area contributed by atoms with Crippen molar-refractivity contribution in [3.8, 4) is 5.75 Å². The zero-order valence-corrected chi connectivity index (χ0v) is 15.5. The quantitative estimate of drug-likeness (QED) is 0.825. The Hall–Kier alpha value is -2.34. The number of ether oxygens (including phenoxy) is 1. The Morgan fingerprint density at radius 2 is 2.19 bits per heavy atom. The van der Waals surface area contributed by atoms with Gasteiger partial charge >= 0.3 is 0 Å². The Morgan fingerprint density at radius 3 is 2.92 bits per heavy atom. The molecule has 26 heavy (non-hydrogen) atoms. The van der Waals surface area contributed by atoms with Gasteiger partial charge in [-0.25, -0.2) is 0 Å². The van der Waals surface area contributed by atoms with Crippen molar-refractivity contribution in [1.82, 2.24) is 15.2 Å². The predicted octanol–water partition coefficient (Wildman–Crippen LogP) is 3.10. The molecule has 6 nitrogen and oxygen atoms in total. The highest BCUT2D eigenvalue weighted by Crippen LogP contribution is 2.19. The largest absolute Gasteiger partial charge is 0.487 e. The lowest BCUT2D eigenvalue weighted by atomic mass is 9.99. The van der Waals surface area contributed by atoms with Crippen LogP contribution in [0.15, 0.2) is 41.1 Å². The Labute approximate surface area is 154 Å². The van der Waals surface area contributed by atoms with Gasteiger partial charge in [-0.3, -0.25) is 14.7 Å². The molecule has 1 aliphatic rings. The molecule has 0 aliphatic carbocycles. The van der Waals surface area contributed by atoms with Gasteiger partial charge in [0.25, 0.3) is 5.91 Å². The summed E-state index contributed by atoms with van der Waals surface area (Å²) in [5.74, 6) is 2.46. The van der Waals surface area contributed by atoms with Gasteiger partial charge < -0.3 is 14.5 Å². The summed E-state index contributed by atoms with van der Waals surface area (Å²) in [4.78, 5) is 18.6. The SMILES string of the molecule is CC1CCN(Cc2ccc(C(=O)NCC(C)Oc3cccnc3)o2)CC1. The van der Waals surface area contributed by atoms with Crippen LogP contribution in [-0.2, 0) is 6.54 Å². The highest BCUT2D eigenvalue weighted by atomic mass is 16.5. The zero-order chi connectivity index (χ0) is 18.4.